The Morgan fingerprint density at radius 2 is 2.19 bits per heavy atom. The number of benzene rings is 1. The van der Waals surface area contributed by atoms with Crippen LogP contribution < -0.4 is 11.1 Å². The minimum Gasteiger partial charge on any atom is -0.507 e. The smallest absolute Gasteiger partial charge is 0.242 e. The molecule has 26 heavy (non-hydrogen) atoms. The maximum Gasteiger partial charge on any atom is 0.242 e. The highest BCUT2D eigenvalue weighted by atomic mass is 16.3. The molecule has 1 amide bonds. The first kappa shape index (κ1) is 18.1. The number of nitrogens with one attached hydrogen (secondary N) is 1. The molecule has 0 unspecified atom stereocenters. The number of phenolic OH excluding ortho intramolecular Hbond substituents is 1. The van der Waals surface area contributed by atoms with Crippen molar-refractivity contribution in [2.75, 3.05) is 25.0 Å². The molecule has 1 aromatic carbocycles. The van der Waals surface area contributed by atoms with Crippen LogP contribution >= 0.6 is 0 Å². The van der Waals surface area contributed by atoms with Crippen molar-refractivity contribution in [1.29, 1.82) is 0 Å². The lowest BCUT2D eigenvalue weighted by Crippen LogP contribution is -2.45. The van der Waals surface area contributed by atoms with Crippen molar-refractivity contribution in [3.05, 3.63) is 29.5 Å². The van der Waals surface area contributed by atoms with Gasteiger partial charge in [0.1, 0.15) is 11.4 Å². The monoisotopic (exact) mass is 356 g/mol. The Labute approximate surface area is 152 Å². The van der Waals surface area contributed by atoms with Crippen LogP contribution in [0.25, 0.3) is 11.3 Å². The van der Waals surface area contributed by atoms with Crippen molar-refractivity contribution >= 4 is 11.9 Å². The van der Waals surface area contributed by atoms with Gasteiger partial charge in [0.15, 0.2) is 0 Å². The Morgan fingerprint density at radius 3 is 2.85 bits per heavy atom. The first-order valence-electron chi connectivity index (χ1n) is 8.70. The number of primary amides is 1. The molecule has 0 bridgehead atoms. The second kappa shape index (κ2) is 7.65. The average molecular weight is 356 g/mol. The Morgan fingerprint density at radius 1 is 1.38 bits per heavy atom. The van der Waals surface area contributed by atoms with Crippen LogP contribution in [0.3, 0.4) is 0 Å². The summed E-state index contributed by atoms with van der Waals surface area (Å²) in [6.07, 6.45) is 3.56. The second-order valence-corrected chi connectivity index (χ2v) is 6.83. The molecular weight excluding hydrogens is 332 g/mol. The highest BCUT2D eigenvalue weighted by molar-refractivity contribution is 5.76. The van der Waals surface area contributed by atoms with Crippen LogP contribution in [0.4, 0.5) is 5.95 Å². The van der Waals surface area contributed by atoms with Crippen molar-refractivity contribution in [1.82, 2.24) is 20.1 Å². The first-order chi connectivity index (χ1) is 12.4. The standard InChI is InChI=1S/C18H24N6O2/c1-11-6-12(2)17(15(25)7-11)14-8-20-18(23-22-14)21-13-4-3-5-24(9-13)10-16(19)26/h6-8,13,25H,3-5,9-10H2,1-2H3,(H2,19,26)(H,20,21,23)/t13-/m1/s1. The third kappa shape index (κ3) is 4.26. The normalized spacial score (nSPS) is 17.8. The largest absolute Gasteiger partial charge is 0.507 e. The zero-order valence-corrected chi connectivity index (χ0v) is 15.1. The van der Waals surface area contributed by atoms with Crippen LogP contribution in [0.1, 0.15) is 24.0 Å². The summed E-state index contributed by atoms with van der Waals surface area (Å²) in [5.41, 5.74) is 8.36. The molecule has 1 aromatic heterocycles. The van der Waals surface area contributed by atoms with E-state index in [-0.39, 0.29) is 24.2 Å². The first-order valence-corrected chi connectivity index (χ1v) is 8.70. The Balaban J connectivity index is 1.69. The fourth-order valence-corrected chi connectivity index (χ4v) is 3.45. The molecule has 4 N–H and O–H groups in total. The van der Waals surface area contributed by atoms with Gasteiger partial charge in [-0.3, -0.25) is 9.69 Å². The lowest BCUT2D eigenvalue weighted by Gasteiger charge is -2.32. The fraction of sp³-hybridized carbons (Fsp3) is 0.444. The second-order valence-electron chi connectivity index (χ2n) is 6.83. The van der Waals surface area contributed by atoms with Crippen LogP contribution in [-0.4, -0.2) is 56.8 Å². The van der Waals surface area contributed by atoms with Gasteiger partial charge in [0, 0.05) is 18.2 Å². The number of likely N-dealkylation sites (tertiary alicyclic amines) is 1. The summed E-state index contributed by atoms with van der Waals surface area (Å²) in [7, 11) is 0. The molecule has 8 heteroatoms. The van der Waals surface area contributed by atoms with Gasteiger partial charge in [-0.05, 0) is 50.4 Å². The van der Waals surface area contributed by atoms with Crippen LogP contribution in [0.15, 0.2) is 18.3 Å². The number of carbonyl (C=O) groups excluding carboxylic acids is 1. The number of rotatable bonds is 5. The predicted molar refractivity (Wildman–Crippen MR) is 98.7 cm³/mol. The van der Waals surface area contributed by atoms with Crippen LogP contribution in [0.5, 0.6) is 5.75 Å². The van der Waals surface area contributed by atoms with Crippen molar-refractivity contribution in [2.45, 2.75) is 32.7 Å². The number of piperidine rings is 1. The number of aromatic nitrogens is 3. The molecule has 8 nitrogen and oxygen atoms in total. The molecule has 138 valence electrons. The lowest BCUT2D eigenvalue weighted by molar-refractivity contribution is -0.119. The fourth-order valence-electron chi connectivity index (χ4n) is 3.45. The molecule has 0 aliphatic carbocycles. The molecule has 0 radical (unpaired) electrons. The van der Waals surface area contributed by atoms with Gasteiger partial charge in [0.2, 0.25) is 11.9 Å². The summed E-state index contributed by atoms with van der Waals surface area (Å²) in [6, 6.07) is 3.83. The Kier molecular flexibility index (Phi) is 5.32. The van der Waals surface area contributed by atoms with Gasteiger partial charge >= 0.3 is 0 Å². The van der Waals surface area contributed by atoms with E-state index in [9.17, 15) is 9.90 Å². The van der Waals surface area contributed by atoms with Crippen LogP contribution in [0, 0.1) is 13.8 Å². The molecule has 1 aliphatic rings. The summed E-state index contributed by atoms with van der Waals surface area (Å²) in [4.78, 5) is 17.4. The van der Waals surface area contributed by atoms with E-state index in [4.69, 9.17) is 5.73 Å². The van der Waals surface area contributed by atoms with Crippen LogP contribution in [0.2, 0.25) is 0 Å². The van der Waals surface area contributed by atoms with Gasteiger partial charge in [-0.1, -0.05) is 6.07 Å². The van der Waals surface area contributed by atoms with E-state index in [1.54, 1.807) is 12.3 Å². The Bertz CT molecular complexity index is 770. The number of nitrogens with two attached hydrogens (primary N) is 1. The minimum atomic E-state index is -0.318. The Hall–Kier alpha value is -2.74. The van der Waals surface area contributed by atoms with Gasteiger partial charge < -0.3 is 16.2 Å². The minimum absolute atomic E-state index is 0.144. The van der Waals surface area contributed by atoms with E-state index in [0.29, 0.717) is 23.8 Å². The van der Waals surface area contributed by atoms with E-state index >= 15 is 0 Å². The highest BCUT2D eigenvalue weighted by Gasteiger charge is 2.21. The lowest BCUT2D eigenvalue weighted by atomic mass is 10.0. The number of phenols is 1. The number of carbonyl (C=O) groups is 1. The number of aryl methyl sites for hydroxylation is 2. The van der Waals surface area contributed by atoms with Crippen molar-refractivity contribution in [3.63, 3.8) is 0 Å². The molecule has 1 aliphatic heterocycles. The number of aromatic hydroxyl groups is 1. The van der Waals surface area contributed by atoms with E-state index in [1.165, 1.54) is 0 Å². The molecule has 3 rings (SSSR count). The number of hydrogen-bond donors (Lipinski definition) is 3. The number of hydrogen-bond acceptors (Lipinski definition) is 7. The van der Waals surface area contributed by atoms with E-state index in [1.807, 2.05) is 24.8 Å². The molecule has 0 saturated carbocycles. The SMILES string of the molecule is Cc1cc(C)c(-c2cnc(N[C@@H]3CCCN(CC(N)=O)C3)nn2)c(O)c1. The maximum absolute atomic E-state index is 11.1. The quantitative estimate of drug-likeness (QED) is 0.737. The molecule has 1 saturated heterocycles. The topological polar surface area (TPSA) is 117 Å². The molecular formula is C18H24N6O2. The molecule has 2 aromatic rings. The molecule has 0 spiro atoms. The number of amides is 1. The van der Waals surface area contributed by atoms with Crippen molar-refractivity contribution in [2.24, 2.45) is 5.73 Å². The summed E-state index contributed by atoms with van der Waals surface area (Å²) < 4.78 is 0. The van der Waals surface area contributed by atoms with Gasteiger partial charge in [-0.15, -0.1) is 10.2 Å². The highest BCUT2D eigenvalue weighted by Crippen LogP contribution is 2.31. The van der Waals surface area contributed by atoms with E-state index in [0.717, 1.165) is 30.5 Å². The van der Waals surface area contributed by atoms with Crippen LogP contribution in [-0.2, 0) is 4.79 Å². The summed E-state index contributed by atoms with van der Waals surface area (Å²) in [5.74, 6) is 0.291. The maximum atomic E-state index is 11.1. The number of anilines is 1. The van der Waals surface area contributed by atoms with Gasteiger partial charge in [-0.2, -0.15) is 0 Å². The third-order valence-electron chi connectivity index (χ3n) is 4.49. The third-order valence-corrected chi connectivity index (χ3v) is 4.49. The van der Waals surface area contributed by atoms with Gasteiger partial charge in [-0.25, -0.2) is 4.98 Å². The molecule has 2 heterocycles. The van der Waals surface area contributed by atoms with Gasteiger partial charge in [0.25, 0.3) is 0 Å². The van der Waals surface area contributed by atoms with Gasteiger partial charge in [0.05, 0.1) is 12.7 Å². The predicted octanol–water partition coefficient (Wildman–Crippen LogP) is 1.22. The summed E-state index contributed by atoms with van der Waals surface area (Å²) >= 11 is 0. The molecule has 1 atom stereocenters. The average Bonchev–Trinajstić information content (AvgIpc) is 2.55. The zero-order chi connectivity index (χ0) is 18.7. The van der Waals surface area contributed by atoms with Crippen molar-refractivity contribution < 1.29 is 9.90 Å². The molecule has 1 fully saturated rings. The summed E-state index contributed by atoms with van der Waals surface area (Å²) in [5, 5.41) is 21.8. The van der Waals surface area contributed by atoms with E-state index < -0.39 is 0 Å². The zero-order valence-electron chi connectivity index (χ0n) is 15.1. The summed E-state index contributed by atoms with van der Waals surface area (Å²) in [6.45, 7) is 5.70. The number of nitrogens with zero attached hydrogens (tertiary/aromatic N) is 4. The van der Waals surface area contributed by atoms with E-state index in [2.05, 4.69) is 20.5 Å². The van der Waals surface area contributed by atoms with Crippen molar-refractivity contribution in [3.8, 4) is 17.0 Å².